The molecule has 1 fully saturated rings. The third kappa shape index (κ3) is 1.18. The number of nitrogens with one attached hydrogen (secondary N) is 1. The largest absolute Gasteiger partial charge is 0.366 e. The van der Waals surface area contributed by atoms with Crippen LogP contribution in [0.3, 0.4) is 0 Å². The monoisotopic (exact) mass is 117 g/mol. The lowest BCUT2D eigenvalue weighted by atomic mass is 10.5. The molecule has 1 heterocycles. The Kier molecular flexibility index (Phi) is 1.45. The van der Waals surface area contributed by atoms with Crippen molar-refractivity contribution >= 4 is 5.91 Å². The standard InChI is InChI=1S/C4H7NO3/c6-3-2-8-4(7)1-5-3/h4,7H,1-2H2,(H,5,6). The van der Waals surface area contributed by atoms with Gasteiger partial charge in [0.15, 0.2) is 6.29 Å². The van der Waals surface area contributed by atoms with Gasteiger partial charge in [0, 0.05) is 0 Å². The van der Waals surface area contributed by atoms with Crippen LogP contribution in [0, 0.1) is 0 Å². The van der Waals surface area contributed by atoms with E-state index in [4.69, 9.17) is 5.11 Å². The average Bonchev–Trinajstić information content (AvgIpc) is 1.77. The van der Waals surface area contributed by atoms with Crippen LogP contribution in [0.4, 0.5) is 0 Å². The van der Waals surface area contributed by atoms with Crippen LogP contribution in [0.5, 0.6) is 0 Å². The van der Waals surface area contributed by atoms with Crippen molar-refractivity contribution in [1.82, 2.24) is 5.32 Å². The molecule has 2 N–H and O–H groups in total. The van der Waals surface area contributed by atoms with Crippen LogP contribution in [0.15, 0.2) is 0 Å². The molecule has 0 radical (unpaired) electrons. The first-order chi connectivity index (χ1) is 3.79. The third-order valence-electron chi connectivity index (χ3n) is 0.881. The summed E-state index contributed by atoms with van der Waals surface area (Å²) in [6.45, 7) is 0.181. The summed E-state index contributed by atoms with van der Waals surface area (Å²) in [6.07, 6.45) is -0.812. The van der Waals surface area contributed by atoms with Gasteiger partial charge < -0.3 is 15.2 Å². The van der Waals surface area contributed by atoms with E-state index in [-0.39, 0.29) is 19.1 Å². The molecule has 1 aliphatic rings. The Balaban J connectivity index is 2.29. The molecule has 0 bridgehead atoms. The lowest BCUT2D eigenvalue weighted by Gasteiger charge is -2.17. The third-order valence-corrected chi connectivity index (χ3v) is 0.881. The molecule has 4 heteroatoms. The summed E-state index contributed by atoms with van der Waals surface area (Å²) >= 11 is 0. The van der Waals surface area contributed by atoms with Crippen molar-refractivity contribution in [1.29, 1.82) is 0 Å². The SMILES string of the molecule is O=C1COC(O)CN1. The Morgan fingerprint density at radius 1 is 1.88 bits per heavy atom. The zero-order valence-electron chi connectivity index (χ0n) is 4.26. The molecule has 1 aliphatic heterocycles. The highest BCUT2D eigenvalue weighted by atomic mass is 16.6. The van der Waals surface area contributed by atoms with Gasteiger partial charge in [0.2, 0.25) is 5.91 Å². The number of amides is 1. The van der Waals surface area contributed by atoms with Crippen molar-refractivity contribution < 1.29 is 14.6 Å². The van der Waals surface area contributed by atoms with E-state index in [1.807, 2.05) is 0 Å². The lowest BCUT2D eigenvalue weighted by Crippen LogP contribution is -2.42. The van der Waals surface area contributed by atoms with E-state index in [0.29, 0.717) is 0 Å². The Morgan fingerprint density at radius 3 is 3.00 bits per heavy atom. The minimum absolute atomic E-state index is 0.0266. The van der Waals surface area contributed by atoms with Gasteiger partial charge in [-0.25, -0.2) is 0 Å². The van der Waals surface area contributed by atoms with Crippen molar-refractivity contribution in [2.24, 2.45) is 0 Å². The van der Waals surface area contributed by atoms with E-state index in [1.54, 1.807) is 0 Å². The van der Waals surface area contributed by atoms with Gasteiger partial charge in [0.25, 0.3) is 0 Å². The second-order valence-electron chi connectivity index (χ2n) is 1.57. The quantitative estimate of drug-likeness (QED) is 0.404. The first kappa shape index (κ1) is 5.53. The van der Waals surface area contributed by atoms with Gasteiger partial charge in [-0.1, -0.05) is 0 Å². The van der Waals surface area contributed by atoms with Crippen LogP contribution in [0.2, 0.25) is 0 Å². The molecule has 1 amide bonds. The zero-order valence-corrected chi connectivity index (χ0v) is 4.26. The van der Waals surface area contributed by atoms with Crippen molar-refractivity contribution in [2.75, 3.05) is 13.2 Å². The maximum absolute atomic E-state index is 10.3. The van der Waals surface area contributed by atoms with Crippen LogP contribution < -0.4 is 5.32 Å². The van der Waals surface area contributed by atoms with E-state index >= 15 is 0 Å². The van der Waals surface area contributed by atoms with Gasteiger partial charge >= 0.3 is 0 Å². The van der Waals surface area contributed by atoms with E-state index in [9.17, 15) is 4.79 Å². The highest BCUT2D eigenvalue weighted by molar-refractivity contribution is 5.77. The van der Waals surface area contributed by atoms with Gasteiger partial charge in [-0.15, -0.1) is 0 Å². The maximum atomic E-state index is 10.3. The Bertz CT molecular complexity index is 93.5. The average molecular weight is 117 g/mol. The molecule has 4 nitrogen and oxygen atoms in total. The molecule has 0 spiro atoms. The van der Waals surface area contributed by atoms with Gasteiger partial charge in [0.05, 0.1) is 6.54 Å². The van der Waals surface area contributed by atoms with Crippen molar-refractivity contribution in [3.8, 4) is 0 Å². The van der Waals surface area contributed by atoms with Gasteiger partial charge in [0.1, 0.15) is 6.61 Å². The summed E-state index contributed by atoms with van der Waals surface area (Å²) in [5, 5.41) is 11.0. The van der Waals surface area contributed by atoms with E-state index in [2.05, 4.69) is 10.1 Å². The number of morpholine rings is 1. The summed E-state index contributed by atoms with van der Waals surface area (Å²) < 4.78 is 4.53. The second-order valence-corrected chi connectivity index (χ2v) is 1.57. The van der Waals surface area contributed by atoms with Gasteiger partial charge in [-0.2, -0.15) is 0 Å². The number of rotatable bonds is 0. The van der Waals surface area contributed by atoms with Crippen LogP contribution in [0.25, 0.3) is 0 Å². The second kappa shape index (κ2) is 2.11. The molecular weight excluding hydrogens is 110 g/mol. The molecule has 0 aromatic heterocycles. The van der Waals surface area contributed by atoms with Crippen molar-refractivity contribution in [2.45, 2.75) is 6.29 Å². The minimum Gasteiger partial charge on any atom is -0.366 e. The molecule has 1 saturated heterocycles. The fraction of sp³-hybridized carbons (Fsp3) is 0.750. The fourth-order valence-corrected chi connectivity index (χ4v) is 0.483. The van der Waals surface area contributed by atoms with Crippen LogP contribution in [-0.2, 0) is 9.53 Å². The van der Waals surface area contributed by atoms with Crippen molar-refractivity contribution in [3.63, 3.8) is 0 Å². The van der Waals surface area contributed by atoms with Crippen LogP contribution in [-0.4, -0.2) is 30.5 Å². The molecule has 0 aromatic rings. The molecule has 46 valence electrons. The number of carbonyl (C=O) groups excluding carboxylic acids is 1. The number of aliphatic hydroxyl groups is 1. The van der Waals surface area contributed by atoms with Gasteiger partial charge in [-0.05, 0) is 0 Å². The topological polar surface area (TPSA) is 58.6 Å². The number of carbonyl (C=O) groups is 1. The molecule has 1 atom stereocenters. The number of aliphatic hydroxyl groups excluding tert-OH is 1. The Morgan fingerprint density at radius 2 is 2.62 bits per heavy atom. The fourth-order valence-electron chi connectivity index (χ4n) is 0.483. The molecule has 0 aromatic carbocycles. The number of hydrogen-bond acceptors (Lipinski definition) is 3. The summed E-state index contributed by atoms with van der Waals surface area (Å²) in [5.74, 6) is -0.171. The van der Waals surface area contributed by atoms with E-state index in [0.717, 1.165) is 0 Å². The molecule has 1 rings (SSSR count). The summed E-state index contributed by atoms with van der Waals surface area (Å²) in [5.41, 5.74) is 0. The minimum atomic E-state index is -0.812. The van der Waals surface area contributed by atoms with Crippen molar-refractivity contribution in [3.05, 3.63) is 0 Å². The highest BCUT2D eigenvalue weighted by Gasteiger charge is 2.13. The van der Waals surface area contributed by atoms with Gasteiger partial charge in [-0.3, -0.25) is 4.79 Å². The summed E-state index contributed by atoms with van der Waals surface area (Å²) in [7, 11) is 0. The Hall–Kier alpha value is -0.610. The van der Waals surface area contributed by atoms with Crippen LogP contribution >= 0.6 is 0 Å². The van der Waals surface area contributed by atoms with E-state index < -0.39 is 6.29 Å². The predicted molar refractivity (Wildman–Crippen MR) is 25.0 cm³/mol. The molecule has 0 saturated carbocycles. The normalized spacial score (nSPS) is 29.6. The first-order valence-corrected chi connectivity index (χ1v) is 2.35. The number of hydrogen-bond donors (Lipinski definition) is 2. The number of ether oxygens (including phenoxy) is 1. The Labute approximate surface area is 46.4 Å². The molecular formula is C4H7NO3. The number of β-amino-alcohol motifs (C(OH)–C–C–N with tert-alkyl or cyclic N) is 1. The lowest BCUT2D eigenvalue weighted by molar-refractivity contribution is -0.153. The van der Waals surface area contributed by atoms with Crippen LogP contribution in [0.1, 0.15) is 0 Å². The smallest absolute Gasteiger partial charge is 0.246 e. The molecule has 8 heavy (non-hydrogen) atoms. The molecule has 0 aliphatic carbocycles. The maximum Gasteiger partial charge on any atom is 0.246 e. The summed E-state index contributed by atoms with van der Waals surface area (Å²) in [6, 6.07) is 0. The van der Waals surface area contributed by atoms with E-state index in [1.165, 1.54) is 0 Å². The zero-order chi connectivity index (χ0) is 5.98. The summed E-state index contributed by atoms with van der Waals surface area (Å²) in [4.78, 5) is 10.3. The first-order valence-electron chi connectivity index (χ1n) is 2.35. The highest BCUT2D eigenvalue weighted by Crippen LogP contribution is 1.89. The predicted octanol–water partition coefficient (Wildman–Crippen LogP) is -1.55. The molecule has 1 unspecified atom stereocenters.